The number of imidazole rings is 1. The van der Waals surface area contributed by atoms with E-state index in [4.69, 9.17) is 15.2 Å². The largest absolute Gasteiger partial charge is 0.486 e. The minimum absolute atomic E-state index is 0.545. The third-order valence-corrected chi connectivity index (χ3v) is 4.03. The summed E-state index contributed by atoms with van der Waals surface area (Å²) in [4.78, 5) is 4.59. The van der Waals surface area contributed by atoms with E-state index in [0.29, 0.717) is 24.8 Å². The van der Waals surface area contributed by atoms with Gasteiger partial charge in [0.25, 0.3) is 0 Å². The standard InChI is InChI=1S/C15H12BrN3O2/c16-10-7-9(8-11-14(10)21-6-5-20-11)13-15(17)19-4-2-1-3-12(19)18-13/h1-4,7-8H,5-6,17H2. The molecule has 1 aromatic carbocycles. The number of pyridine rings is 1. The van der Waals surface area contributed by atoms with Gasteiger partial charge in [-0.2, -0.15) is 0 Å². The molecule has 0 aliphatic carbocycles. The summed E-state index contributed by atoms with van der Waals surface area (Å²) >= 11 is 3.52. The van der Waals surface area contributed by atoms with Gasteiger partial charge in [0.15, 0.2) is 11.5 Å². The zero-order chi connectivity index (χ0) is 14.4. The van der Waals surface area contributed by atoms with Gasteiger partial charge in [0.05, 0.1) is 4.47 Å². The van der Waals surface area contributed by atoms with E-state index in [1.165, 1.54) is 0 Å². The smallest absolute Gasteiger partial charge is 0.175 e. The number of nitrogen functional groups attached to an aromatic ring is 1. The van der Waals surface area contributed by atoms with Crippen molar-refractivity contribution in [2.24, 2.45) is 0 Å². The Balaban J connectivity index is 1.92. The van der Waals surface area contributed by atoms with Gasteiger partial charge >= 0.3 is 0 Å². The molecule has 5 nitrogen and oxygen atoms in total. The van der Waals surface area contributed by atoms with Crippen molar-refractivity contribution in [1.82, 2.24) is 9.38 Å². The fraction of sp³-hybridized carbons (Fsp3) is 0.133. The lowest BCUT2D eigenvalue weighted by Gasteiger charge is -2.20. The second kappa shape index (κ2) is 4.66. The number of fused-ring (bicyclic) bond motifs is 2. The third kappa shape index (κ3) is 1.94. The highest BCUT2D eigenvalue weighted by Crippen LogP contribution is 2.42. The number of aromatic nitrogens is 2. The first-order valence-corrected chi connectivity index (χ1v) is 7.35. The van der Waals surface area contributed by atoms with Crippen LogP contribution in [0.15, 0.2) is 41.0 Å². The molecule has 2 N–H and O–H groups in total. The van der Waals surface area contributed by atoms with Gasteiger partial charge in [-0.25, -0.2) is 4.98 Å². The summed E-state index contributed by atoms with van der Waals surface area (Å²) in [6, 6.07) is 9.65. The summed E-state index contributed by atoms with van der Waals surface area (Å²) in [5.74, 6) is 2.04. The molecule has 3 heterocycles. The molecule has 0 bridgehead atoms. The van der Waals surface area contributed by atoms with E-state index in [2.05, 4.69) is 20.9 Å². The van der Waals surface area contributed by atoms with E-state index < -0.39 is 0 Å². The molecule has 0 saturated carbocycles. The van der Waals surface area contributed by atoms with Crippen molar-refractivity contribution in [1.29, 1.82) is 0 Å². The Kier molecular flexibility index (Phi) is 2.78. The predicted molar refractivity (Wildman–Crippen MR) is 83.7 cm³/mol. The van der Waals surface area contributed by atoms with E-state index in [-0.39, 0.29) is 0 Å². The Hall–Kier alpha value is -2.21. The molecule has 106 valence electrons. The number of anilines is 1. The molecule has 1 aliphatic heterocycles. The van der Waals surface area contributed by atoms with Gasteiger partial charge in [-0.3, -0.25) is 4.40 Å². The minimum atomic E-state index is 0.545. The summed E-state index contributed by atoms with van der Waals surface area (Å²) in [5, 5.41) is 0. The molecule has 21 heavy (non-hydrogen) atoms. The molecular formula is C15H12BrN3O2. The van der Waals surface area contributed by atoms with Crippen LogP contribution in [0.2, 0.25) is 0 Å². The van der Waals surface area contributed by atoms with Crippen molar-refractivity contribution >= 4 is 27.4 Å². The molecule has 1 aliphatic rings. The third-order valence-electron chi connectivity index (χ3n) is 3.44. The molecule has 0 atom stereocenters. The van der Waals surface area contributed by atoms with Gasteiger partial charge in [0, 0.05) is 11.8 Å². The molecule has 4 rings (SSSR count). The Morgan fingerprint density at radius 1 is 1.19 bits per heavy atom. The molecule has 0 spiro atoms. The lowest BCUT2D eigenvalue weighted by molar-refractivity contribution is 0.170. The van der Waals surface area contributed by atoms with Crippen LogP contribution in [-0.4, -0.2) is 22.6 Å². The molecule has 0 unspecified atom stereocenters. The number of hydrogen-bond donors (Lipinski definition) is 1. The van der Waals surface area contributed by atoms with Gasteiger partial charge in [-0.15, -0.1) is 0 Å². The molecule has 0 saturated heterocycles. The number of nitrogens with two attached hydrogens (primary N) is 1. The number of rotatable bonds is 1. The summed E-state index contributed by atoms with van der Waals surface area (Å²) in [5.41, 5.74) is 8.66. The summed E-state index contributed by atoms with van der Waals surface area (Å²) in [7, 11) is 0. The maximum Gasteiger partial charge on any atom is 0.175 e. The van der Waals surface area contributed by atoms with Crippen LogP contribution in [0.25, 0.3) is 16.9 Å². The van der Waals surface area contributed by atoms with Gasteiger partial charge in [-0.05, 0) is 40.2 Å². The monoisotopic (exact) mass is 345 g/mol. The summed E-state index contributed by atoms with van der Waals surface area (Å²) < 4.78 is 14.0. The van der Waals surface area contributed by atoms with Crippen LogP contribution in [0.5, 0.6) is 11.5 Å². The molecule has 0 amide bonds. The zero-order valence-electron chi connectivity index (χ0n) is 11.0. The highest BCUT2D eigenvalue weighted by atomic mass is 79.9. The topological polar surface area (TPSA) is 61.8 Å². The van der Waals surface area contributed by atoms with Gasteiger partial charge in [-0.1, -0.05) is 6.07 Å². The zero-order valence-corrected chi connectivity index (χ0v) is 12.6. The van der Waals surface area contributed by atoms with Gasteiger partial charge in [0.2, 0.25) is 0 Å². The number of halogens is 1. The number of hydrogen-bond acceptors (Lipinski definition) is 4. The van der Waals surface area contributed by atoms with Crippen molar-refractivity contribution in [2.75, 3.05) is 18.9 Å². The first-order chi connectivity index (χ1) is 10.2. The minimum Gasteiger partial charge on any atom is -0.486 e. The summed E-state index contributed by atoms with van der Waals surface area (Å²) in [6.45, 7) is 1.10. The average molecular weight is 346 g/mol. The van der Waals surface area contributed by atoms with E-state index in [9.17, 15) is 0 Å². The maximum absolute atomic E-state index is 6.21. The van der Waals surface area contributed by atoms with Crippen molar-refractivity contribution in [3.05, 3.63) is 41.0 Å². The Morgan fingerprint density at radius 2 is 2.05 bits per heavy atom. The van der Waals surface area contributed by atoms with Crippen LogP contribution in [0.3, 0.4) is 0 Å². The highest BCUT2D eigenvalue weighted by Gasteiger charge is 2.19. The van der Waals surface area contributed by atoms with Crippen molar-refractivity contribution < 1.29 is 9.47 Å². The number of benzene rings is 1. The van der Waals surface area contributed by atoms with Crippen LogP contribution < -0.4 is 15.2 Å². The van der Waals surface area contributed by atoms with E-state index in [1.807, 2.05) is 40.9 Å². The van der Waals surface area contributed by atoms with Crippen molar-refractivity contribution in [2.45, 2.75) is 0 Å². The quantitative estimate of drug-likeness (QED) is 0.736. The van der Waals surface area contributed by atoms with Crippen LogP contribution in [0.4, 0.5) is 5.82 Å². The van der Waals surface area contributed by atoms with Crippen LogP contribution in [0.1, 0.15) is 0 Å². The van der Waals surface area contributed by atoms with E-state index in [1.54, 1.807) is 0 Å². The molecule has 6 heteroatoms. The highest BCUT2D eigenvalue weighted by molar-refractivity contribution is 9.10. The first kappa shape index (κ1) is 12.5. The van der Waals surface area contributed by atoms with Crippen molar-refractivity contribution in [3.63, 3.8) is 0 Å². The van der Waals surface area contributed by atoms with Gasteiger partial charge in [0.1, 0.15) is 30.4 Å². The molecule has 0 fully saturated rings. The average Bonchev–Trinajstić information content (AvgIpc) is 2.85. The van der Waals surface area contributed by atoms with Crippen LogP contribution in [0, 0.1) is 0 Å². The lowest BCUT2D eigenvalue weighted by Crippen LogP contribution is -2.15. The van der Waals surface area contributed by atoms with E-state index in [0.717, 1.165) is 27.1 Å². The molecule has 2 aromatic heterocycles. The predicted octanol–water partition coefficient (Wildman–Crippen LogP) is 3.12. The Labute approximate surface area is 129 Å². The molecule has 0 radical (unpaired) electrons. The maximum atomic E-state index is 6.21. The number of ether oxygens (including phenoxy) is 2. The van der Waals surface area contributed by atoms with Crippen LogP contribution >= 0.6 is 15.9 Å². The second-order valence-corrected chi connectivity index (χ2v) is 5.61. The van der Waals surface area contributed by atoms with Gasteiger partial charge < -0.3 is 15.2 Å². The second-order valence-electron chi connectivity index (χ2n) is 4.76. The molecule has 3 aromatic rings. The van der Waals surface area contributed by atoms with Crippen molar-refractivity contribution in [3.8, 4) is 22.8 Å². The summed E-state index contributed by atoms with van der Waals surface area (Å²) in [6.07, 6.45) is 1.90. The first-order valence-electron chi connectivity index (χ1n) is 6.56. The fourth-order valence-electron chi connectivity index (χ4n) is 2.47. The molecular weight excluding hydrogens is 334 g/mol. The number of nitrogens with zero attached hydrogens (tertiary/aromatic N) is 2. The normalized spacial score (nSPS) is 13.6. The SMILES string of the molecule is Nc1c(-c2cc(Br)c3c(c2)OCCO3)nc2ccccn12. The van der Waals surface area contributed by atoms with E-state index >= 15 is 0 Å². The lowest BCUT2D eigenvalue weighted by atomic mass is 10.1. The fourth-order valence-corrected chi connectivity index (χ4v) is 3.03. The Bertz CT molecular complexity index is 844. The Morgan fingerprint density at radius 3 is 2.90 bits per heavy atom. The van der Waals surface area contributed by atoms with Crippen LogP contribution in [-0.2, 0) is 0 Å².